The first kappa shape index (κ1) is 12.3. The smallest absolute Gasteiger partial charge is 0.0577 e. The Bertz CT molecular complexity index is 119. The zero-order valence-corrected chi connectivity index (χ0v) is 9.16. The molecule has 0 saturated heterocycles. The molecular weight excluding hydrogens is 170 g/mol. The maximum atomic E-state index is 9.48. The maximum absolute atomic E-state index is 9.48. The maximum Gasteiger partial charge on any atom is 0.0577 e. The van der Waals surface area contributed by atoms with Crippen LogP contribution in [0.1, 0.15) is 26.7 Å². The molecule has 3 heteroatoms. The molecule has 2 unspecified atom stereocenters. The second kappa shape index (κ2) is 5.84. The monoisotopic (exact) mass is 191 g/mol. The molecule has 2 atom stereocenters. The van der Waals surface area contributed by atoms with Crippen LogP contribution in [0.3, 0.4) is 0 Å². The second-order valence-electron chi connectivity index (χ2n) is 3.63. The van der Waals surface area contributed by atoms with Gasteiger partial charge in [0.25, 0.3) is 0 Å². The predicted octanol–water partition coefficient (Wildman–Crippen LogP) is 1.48. The fourth-order valence-electron chi connectivity index (χ4n) is 1.10. The normalized spacial score (nSPS) is 18.8. The van der Waals surface area contributed by atoms with Gasteiger partial charge >= 0.3 is 0 Å². The molecule has 0 amide bonds. The van der Waals surface area contributed by atoms with Crippen molar-refractivity contribution in [1.29, 1.82) is 0 Å². The molecule has 0 saturated carbocycles. The van der Waals surface area contributed by atoms with Crippen LogP contribution in [0.2, 0.25) is 0 Å². The van der Waals surface area contributed by atoms with Crippen molar-refractivity contribution in [3.05, 3.63) is 0 Å². The predicted molar refractivity (Wildman–Crippen MR) is 56.5 cm³/mol. The molecule has 3 N–H and O–H groups in total. The Balaban J connectivity index is 3.80. The fourth-order valence-corrected chi connectivity index (χ4v) is 1.53. The summed E-state index contributed by atoms with van der Waals surface area (Å²) < 4.78 is 0. The lowest BCUT2D eigenvalue weighted by atomic mass is 9.81. The van der Waals surface area contributed by atoms with Crippen molar-refractivity contribution >= 4 is 11.8 Å². The van der Waals surface area contributed by atoms with Crippen molar-refractivity contribution in [1.82, 2.24) is 0 Å². The van der Waals surface area contributed by atoms with Crippen LogP contribution < -0.4 is 5.73 Å². The zero-order valence-electron chi connectivity index (χ0n) is 8.34. The highest BCUT2D eigenvalue weighted by molar-refractivity contribution is 7.98. The van der Waals surface area contributed by atoms with Gasteiger partial charge in [-0.15, -0.1) is 0 Å². The van der Waals surface area contributed by atoms with E-state index in [1.165, 1.54) is 0 Å². The third-order valence-corrected chi connectivity index (χ3v) is 3.27. The van der Waals surface area contributed by atoms with Gasteiger partial charge in [0.1, 0.15) is 0 Å². The van der Waals surface area contributed by atoms with Crippen molar-refractivity contribution in [2.75, 3.05) is 18.6 Å². The highest BCUT2D eigenvalue weighted by Gasteiger charge is 2.27. The third kappa shape index (κ3) is 3.78. The van der Waals surface area contributed by atoms with Crippen LogP contribution in [0.4, 0.5) is 0 Å². The topological polar surface area (TPSA) is 46.2 Å². The van der Waals surface area contributed by atoms with E-state index in [1.54, 1.807) is 0 Å². The number of hydrogen-bond acceptors (Lipinski definition) is 3. The minimum absolute atomic E-state index is 0.0876. The van der Waals surface area contributed by atoms with Crippen molar-refractivity contribution in [2.24, 2.45) is 11.1 Å². The Kier molecular flexibility index (Phi) is 5.97. The van der Waals surface area contributed by atoms with E-state index in [0.717, 1.165) is 18.6 Å². The summed E-state index contributed by atoms with van der Waals surface area (Å²) in [6.07, 6.45) is 3.95. The van der Waals surface area contributed by atoms with Crippen molar-refractivity contribution in [2.45, 2.75) is 32.8 Å². The molecule has 0 radical (unpaired) electrons. The molecule has 12 heavy (non-hydrogen) atoms. The van der Waals surface area contributed by atoms with Crippen LogP contribution >= 0.6 is 11.8 Å². The lowest BCUT2D eigenvalue weighted by Gasteiger charge is -2.31. The van der Waals surface area contributed by atoms with E-state index in [4.69, 9.17) is 5.73 Å². The van der Waals surface area contributed by atoms with Gasteiger partial charge < -0.3 is 10.8 Å². The summed E-state index contributed by atoms with van der Waals surface area (Å²) in [6, 6.07) is 0. The first-order valence-corrected chi connectivity index (χ1v) is 5.83. The first-order valence-electron chi connectivity index (χ1n) is 4.44. The molecule has 2 nitrogen and oxygen atoms in total. The Labute approximate surface area is 79.9 Å². The van der Waals surface area contributed by atoms with Gasteiger partial charge in [-0.05, 0) is 31.8 Å². The molecule has 0 rings (SSSR count). The van der Waals surface area contributed by atoms with Crippen LogP contribution in [0, 0.1) is 5.41 Å². The molecule has 0 aromatic carbocycles. The molecule has 0 spiro atoms. The minimum atomic E-state index is -0.302. The van der Waals surface area contributed by atoms with Gasteiger partial charge in [-0.1, -0.05) is 6.92 Å². The Hall–Kier alpha value is 0.270. The average Bonchev–Trinajstić information content (AvgIpc) is 2.04. The largest absolute Gasteiger partial charge is 0.393 e. The molecule has 0 aliphatic carbocycles. The van der Waals surface area contributed by atoms with Crippen LogP contribution in [0.25, 0.3) is 0 Å². The molecule has 0 aromatic rings. The number of aliphatic hydroxyl groups excluding tert-OH is 1. The minimum Gasteiger partial charge on any atom is -0.393 e. The average molecular weight is 191 g/mol. The van der Waals surface area contributed by atoms with Gasteiger partial charge in [-0.3, -0.25) is 0 Å². The molecule has 74 valence electrons. The first-order chi connectivity index (χ1) is 5.56. The standard InChI is InChI=1S/C9H21NOS/c1-8(11)9(2,7-10)5-4-6-12-3/h8,11H,4-7,10H2,1-3H3. The van der Waals surface area contributed by atoms with Gasteiger partial charge in [0.15, 0.2) is 0 Å². The van der Waals surface area contributed by atoms with Crippen molar-refractivity contribution in [3.8, 4) is 0 Å². The van der Waals surface area contributed by atoms with E-state index >= 15 is 0 Å². The van der Waals surface area contributed by atoms with E-state index in [2.05, 4.69) is 13.2 Å². The highest BCUT2D eigenvalue weighted by atomic mass is 32.2. The summed E-state index contributed by atoms with van der Waals surface area (Å²) in [5, 5.41) is 9.48. The zero-order chi connectivity index (χ0) is 9.61. The van der Waals surface area contributed by atoms with Crippen molar-refractivity contribution in [3.63, 3.8) is 0 Å². The molecule has 0 aromatic heterocycles. The Morgan fingerprint density at radius 3 is 2.50 bits per heavy atom. The molecular formula is C9H21NOS. The highest BCUT2D eigenvalue weighted by Crippen LogP contribution is 2.26. The molecule has 0 fully saturated rings. The summed E-state index contributed by atoms with van der Waals surface area (Å²) in [7, 11) is 0. The van der Waals surface area contributed by atoms with Crippen LogP contribution in [0.15, 0.2) is 0 Å². The summed E-state index contributed by atoms with van der Waals surface area (Å²) in [4.78, 5) is 0. The lowest BCUT2D eigenvalue weighted by molar-refractivity contribution is 0.0518. The fraction of sp³-hybridized carbons (Fsp3) is 1.00. The summed E-state index contributed by atoms with van der Waals surface area (Å²) in [6.45, 7) is 4.45. The molecule has 0 aliphatic rings. The number of hydrogen-bond donors (Lipinski definition) is 2. The molecule has 0 aliphatic heterocycles. The van der Waals surface area contributed by atoms with Gasteiger partial charge in [0.05, 0.1) is 6.10 Å². The third-order valence-electron chi connectivity index (χ3n) is 2.57. The van der Waals surface area contributed by atoms with Gasteiger partial charge in [-0.2, -0.15) is 11.8 Å². The molecule has 0 bridgehead atoms. The number of aliphatic hydroxyl groups is 1. The van der Waals surface area contributed by atoms with Gasteiger partial charge in [0, 0.05) is 12.0 Å². The quantitative estimate of drug-likeness (QED) is 0.625. The summed E-state index contributed by atoms with van der Waals surface area (Å²) >= 11 is 1.84. The number of nitrogens with two attached hydrogens (primary N) is 1. The summed E-state index contributed by atoms with van der Waals surface area (Å²) in [5.41, 5.74) is 5.54. The van der Waals surface area contributed by atoms with E-state index in [0.29, 0.717) is 6.54 Å². The Morgan fingerprint density at radius 1 is 1.58 bits per heavy atom. The number of thioether (sulfide) groups is 1. The van der Waals surface area contributed by atoms with E-state index < -0.39 is 0 Å². The van der Waals surface area contributed by atoms with Crippen LogP contribution in [0.5, 0.6) is 0 Å². The van der Waals surface area contributed by atoms with Crippen molar-refractivity contribution < 1.29 is 5.11 Å². The van der Waals surface area contributed by atoms with E-state index in [-0.39, 0.29) is 11.5 Å². The Morgan fingerprint density at radius 2 is 2.17 bits per heavy atom. The van der Waals surface area contributed by atoms with E-state index in [1.807, 2.05) is 18.7 Å². The SMILES string of the molecule is CSCCCC(C)(CN)C(C)O. The van der Waals surface area contributed by atoms with Crippen LogP contribution in [-0.2, 0) is 0 Å². The number of rotatable bonds is 6. The summed E-state index contributed by atoms with van der Waals surface area (Å²) in [5.74, 6) is 1.16. The second-order valence-corrected chi connectivity index (χ2v) is 4.62. The van der Waals surface area contributed by atoms with Gasteiger partial charge in [0.2, 0.25) is 0 Å². The molecule has 0 heterocycles. The van der Waals surface area contributed by atoms with E-state index in [9.17, 15) is 5.11 Å². The van der Waals surface area contributed by atoms with Crippen LogP contribution in [-0.4, -0.2) is 29.8 Å². The lowest BCUT2D eigenvalue weighted by Crippen LogP contribution is -2.37. The van der Waals surface area contributed by atoms with Gasteiger partial charge in [-0.25, -0.2) is 0 Å².